The van der Waals surface area contributed by atoms with Crippen molar-refractivity contribution in [1.29, 1.82) is 0 Å². The first-order chi connectivity index (χ1) is 10.1. The lowest BCUT2D eigenvalue weighted by atomic mass is 10.1. The Morgan fingerprint density at radius 1 is 1.00 bits per heavy atom. The van der Waals surface area contributed by atoms with E-state index in [0.717, 1.165) is 18.6 Å². The lowest BCUT2D eigenvalue weighted by Gasteiger charge is -2.08. The number of benzene rings is 2. The second kappa shape index (κ2) is 6.83. The smallest absolute Gasteiger partial charge is 0.319 e. The molecule has 0 heterocycles. The van der Waals surface area contributed by atoms with E-state index in [4.69, 9.17) is 0 Å². The van der Waals surface area contributed by atoms with Gasteiger partial charge in [-0.2, -0.15) is 0 Å². The van der Waals surface area contributed by atoms with Crippen molar-refractivity contribution in [1.82, 2.24) is 5.32 Å². The molecular weight excluding hydrogens is 274 g/mol. The first kappa shape index (κ1) is 15.0. The second-order valence-corrected chi connectivity index (χ2v) is 4.61. The van der Waals surface area contributed by atoms with E-state index in [1.165, 1.54) is 11.6 Å². The number of hydrogen-bond donors (Lipinski definition) is 2. The number of carbonyl (C=O) groups is 1. The van der Waals surface area contributed by atoms with Gasteiger partial charge in [-0.3, -0.25) is 0 Å². The Balaban J connectivity index is 1.87. The van der Waals surface area contributed by atoms with Crippen LogP contribution in [0.2, 0.25) is 0 Å². The van der Waals surface area contributed by atoms with Crippen molar-refractivity contribution < 1.29 is 13.6 Å². The molecule has 0 saturated carbocycles. The molecule has 0 radical (unpaired) electrons. The van der Waals surface area contributed by atoms with E-state index >= 15 is 0 Å². The minimum atomic E-state index is -0.926. The number of hydrogen-bond acceptors (Lipinski definition) is 1. The Morgan fingerprint density at radius 3 is 2.29 bits per heavy atom. The number of urea groups is 1. The van der Waals surface area contributed by atoms with Crippen LogP contribution in [0.25, 0.3) is 0 Å². The fraction of sp³-hybridized carbons (Fsp3) is 0.188. The first-order valence-corrected chi connectivity index (χ1v) is 6.66. The highest BCUT2D eigenvalue weighted by Gasteiger charge is 2.05. The Labute approximate surface area is 122 Å². The van der Waals surface area contributed by atoms with Crippen LogP contribution in [0.3, 0.4) is 0 Å². The highest BCUT2D eigenvalue weighted by molar-refractivity contribution is 5.89. The van der Waals surface area contributed by atoms with Crippen LogP contribution in [0, 0.1) is 11.6 Å². The van der Waals surface area contributed by atoms with Crippen LogP contribution in [-0.2, 0) is 13.0 Å². The van der Waals surface area contributed by atoms with Crippen LogP contribution in [-0.4, -0.2) is 6.03 Å². The van der Waals surface area contributed by atoms with Gasteiger partial charge in [-0.25, -0.2) is 13.6 Å². The van der Waals surface area contributed by atoms with Crippen molar-refractivity contribution in [2.75, 3.05) is 5.32 Å². The maximum atomic E-state index is 13.0. The Bertz CT molecular complexity index is 627. The van der Waals surface area contributed by atoms with Gasteiger partial charge < -0.3 is 10.6 Å². The fourth-order valence-corrected chi connectivity index (χ4v) is 1.83. The molecule has 0 aliphatic rings. The van der Waals surface area contributed by atoms with Crippen molar-refractivity contribution in [3.63, 3.8) is 0 Å². The Hall–Kier alpha value is -2.43. The number of anilines is 1. The molecule has 21 heavy (non-hydrogen) atoms. The summed E-state index contributed by atoms with van der Waals surface area (Å²) in [5.74, 6) is -1.83. The summed E-state index contributed by atoms with van der Waals surface area (Å²) in [6, 6.07) is 10.6. The molecular formula is C16H16F2N2O. The van der Waals surface area contributed by atoms with Gasteiger partial charge in [0.05, 0.1) is 0 Å². The molecule has 110 valence electrons. The number of carbonyl (C=O) groups excluding carboxylic acids is 1. The fourth-order valence-electron chi connectivity index (χ4n) is 1.83. The number of aryl methyl sites for hydroxylation is 1. The summed E-state index contributed by atoms with van der Waals surface area (Å²) in [7, 11) is 0. The normalized spacial score (nSPS) is 10.2. The summed E-state index contributed by atoms with van der Waals surface area (Å²) in [4.78, 5) is 11.7. The Kier molecular flexibility index (Phi) is 4.87. The SMILES string of the molecule is CCc1ccc(NC(=O)NCc2ccc(F)c(F)c2)cc1. The maximum absolute atomic E-state index is 13.0. The van der Waals surface area contributed by atoms with Gasteiger partial charge >= 0.3 is 6.03 Å². The number of rotatable bonds is 4. The van der Waals surface area contributed by atoms with Gasteiger partial charge in [0.2, 0.25) is 0 Å². The van der Waals surface area contributed by atoms with Crippen LogP contribution in [0.15, 0.2) is 42.5 Å². The van der Waals surface area contributed by atoms with E-state index in [1.54, 1.807) is 0 Å². The summed E-state index contributed by atoms with van der Waals surface area (Å²) in [5.41, 5.74) is 2.35. The van der Waals surface area contributed by atoms with Crippen molar-refractivity contribution in [3.05, 3.63) is 65.2 Å². The van der Waals surface area contributed by atoms with Crippen molar-refractivity contribution in [2.45, 2.75) is 19.9 Å². The average Bonchev–Trinajstić information content (AvgIpc) is 2.49. The molecule has 0 saturated heterocycles. The molecule has 0 aromatic heterocycles. The van der Waals surface area contributed by atoms with Gasteiger partial charge in [-0.05, 0) is 41.8 Å². The van der Waals surface area contributed by atoms with Crippen LogP contribution in [0.1, 0.15) is 18.1 Å². The molecule has 2 aromatic carbocycles. The molecule has 0 aliphatic heterocycles. The van der Waals surface area contributed by atoms with Gasteiger partial charge in [-0.1, -0.05) is 25.1 Å². The largest absolute Gasteiger partial charge is 0.334 e. The van der Waals surface area contributed by atoms with Crippen molar-refractivity contribution in [3.8, 4) is 0 Å². The van der Waals surface area contributed by atoms with E-state index in [0.29, 0.717) is 11.3 Å². The second-order valence-electron chi connectivity index (χ2n) is 4.61. The van der Waals surface area contributed by atoms with E-state index in [9.17, 15) is 13.6 Å². The van der Waals surface area contributed by atoms with E-state index < -0.39 is 17.7 Å². The maximum Gasteiger partial charge on any atom is 0.319 e. The summed E-state index contributed by atoms with van der Waals surface area (Å²) in [5, 5.41) is 5.26. The van der Waals surface area contributed by atoms with Gasteiger partial charge in [0.25, 0.3) is 0 Å². The quantitative estimate of drug-likeness (QED) is 0.882. The van der Waals surface area contributed by atoms with Crippen molar-refractivity contribution >= 4 is 11.7 Å². The lowest BCUT2D eigenvalue weighted by molar-refractivity contribution is 0.251. The van der Waals surface area contributed by atoms with E-state index in [-0.39, 0.29) is 6.54 Å². The van der Waals surface area contributed by atoms with Crippen LogP contribution >= 0.6 is 0 Å². The van der Waals surface area contributed by atoms with Crippen LogP contribution < -0.4 is 10.6 Å². The van der Waals surface area contributed by atoms with Crippen LogP contribution in [0.5, 0.6) is 0 Å². The number of nitrogens with one attached hydrogen (secondary N) is 2. The van der Waals surface area contributed by atoms with Gasteiger partial charge in [-0.15, -0.1) is 0 Å². The Morgan fingerprint density at radius 2 is 1.67 bits per heavy atom. The molecule has 0 bridgehead atoms. The standard InChI is InChI=1S/C16H16F2N2O/c1-2-11-3-6-13(7-4-11)20-16(21)19-10-12-5-8-14(17)15(18)9-12/h3-9H,2,10H2,1H3,(H2,19,20,21). The molecule has 2 aromatic rings. The monoisotopic (exact) mass is 290 g/mol. The molecule has 2 rings (SSSR count). The highest BCUT2D eigenvalue weighted by Crippen LogP contribution is 2.10. The molecule has 0 spiro atoms. The van der Waals surface area contributed by atoms with Gasteiger partial charge in [0.15, 0.2) is 11.6 Å². The third-order valence-corrected chi connectivity index (χ3v) is 3.06. The summed E-state index contributed by atoms with van der Waals surface area (Å²) >= 11 is 0. The van der Waals surface area contributed by atoms with E-state index in [2.05, 4.69) is 17.6 Å². The molecule has 2 N–H and O–H groups in total. The predicted octanol–water partition coefficient (Wildman–Crippen LogP) is 3.85. The zero-order chi connectivity index (χ0) is 15.2. The molecule has 5 heteroatoms. The first-order valence-electron chi connectivity index (χ1n) is 6.66. The van der Waals surface area contributed by atoms with Crippen LogP contribution in [0.4, 0.5) is 19.3 Å². The minimum Gasteiger partial charge on any atom is -0.334 e. The minimum absolute atomic E-state index is 0.121. The van der Waals surface area contributed by atoms with Gasteiger partial charge in [0, 0.05) is 12.2 Å². The third kappa shape index (κ3) is 4.27. The lowest BCUT2D eigenvalue weighted by Crippen LogP contribution is -2.28. The van der Waals surface area contributed by atoms with Gasteiger partial charge in [0.1, 0.15) is 0 Å². The molecule has 3 nitrogen and oxygen atoms in total. The zero-order valence-electron chi connectivity index (χ0n) is 11.6. The molecule has 0 aliphatic carbocycles. The molecule has 0 atom stereocenters. The summed E-state index contributed by atoms with van der Waals surface area (Å²) in [6.07, 6.45) is 0.933. The average molecular weight is 290 g/mol. The van der Waals surface area contributed by atoms with E-state index in [1.807, 2.05) is 24.3 Å². The third-order valence-electron chi connectivity index (χ3n) is 3.06. The molecule has 0 fully saturated rings. The van der Waals surface area contributed by atoms with Crippen molar-refractivity contribution in [2.24, 2.45) is 0 Å². The number of amides is 2. The highest BCUT2D eigenvalue weighted by atomic mass is 19.2. The summed E-state index contributed by atoms with van der Waals surface area (Å²) < 4.78 is 25.8. The molecule has 0 unspecified atom stereocenters. The zero-order valence-corrected chi connectivity index (χ0v) is 11.6. The number of halogens is 2. The summed E-state index contributed by atoms with van der Waals surface area (Å²) in [6.45, 7) is 2.17. The topological polar surface area (TPSA) is 41.1 Å². The molecule has 2 amide bonds. The predicted molar refractivity (Wildman–Crippen MR) is 78.0 cm³/mol.